The third-order valence-electron chi connectivity index (χ3n) is 3.28. The Kier molecular flexibility index (Phi) is 3.48. The number of nitrogens with zero attached hydrogens (tertiary/aromatic N) is 1. The molecule has 3 aromatic carbocycles. The van der Waals surface area contributed by atoms with Gasteiger partial charge in [0, 0.05) is 11.6 Å². The van der Waals surface area contributed by atoms with Crippen LogP contribution in [0.4, 0.5) is 5.69 Å². The van der Waals surface area contributed by atoms with Crippen LogP contribution in [-0.2, 0) is 0 Å². The molecule has 21 heavy (non-hydrogen) atoms. The Bertz CT molecular complexity index is 815. The number of rotatable bonds is 3. The fraction of sp³-hybridized carbons (Fsp3) is 0. The molecular formula is C18H13NO2. The van der Waals surface area contributed by atoms with Gasteiger partial charge in [-0.05, 0) is 29.1 Å². The largest absolute Gasteiger partial charge is 0.478 e. The quantitative estimate of drug-likeness (QED) is 0.725. The van der Waals surface area contributed by atoms with Crippen molar-refractivity contribution >= 4 is 28.6 Å². The third kappa shape index (κ3) is 2.82. The molecule has 3 heteroatoms. The molecule has 0 aromatic heterocycles. The minimum atomic E-state index is -0.924. The summed E-state index contributed by atoms with van der Waals surface area (Å²) in [7, 11) is 0. The van der Waals surface area contributed by atoms with Crippen LogP contribution >= 0.6 is 0 Å². The molecule has 0 atom stereocenters. The maximum atomic E-state index is 10.8. The Morgan fingerprint density at radius 2 is 1.62 bits per heavy atom. The topological polar surface area (TPSA) is 49.7 Å². The van der Waals surface area contributed by atoms with Gasteiger partial charge < -0.3 is 5.11 Å². The zero-order valence-electron chi connectivity index (χ0n) is 11.2. The Hall–Kier alpha value is -2.94. The highest BCUT2D eigenvalue weighted by Crippen LogP contribution is 2.25. The van der Waals surface area contributed by atoms with Crippen LogP contribution in [0.1, 0.15) is 15.9 Å². The minimum absolute atomic E-state index is 0.275. The van der Waals surface area contributed by atoms with Crippen LogP contribution in [0.2, 0.25) is 0 Å². The van der Waals surface area contributed by atoms with Gasteiger partial charge in [0.1, 0.15) is 0 Å². The molecule has 0 unspecified atom stereocenters. The molecule has 0 aliphatic heterocycles. The maximum absolute atomic E-state index is 10.8. The summed E-state index contributed by atoms with van der Waals surface area (Å²) in [5.41, 5.74) is 2.04. The summed E-state index contributed by atoms with van der Waals surface area (Å²) in [5.74, 6) is -0.924. The number of fused-ring (bicyclic) bond motifs is 1. The molecule has 3 aromatic rings. The van der Waals surface area contributed by atoms with E-state index in [0.29, 0.717) is 0 Å². The monoisotopic (exact) mass is 275 g/mol. The van der Waals surface area contributed by atoms with Gasteiger partial charge in [-0.15, -0.1) is 0 Å². The van der Waals surface area contributed by atoms with E-state index in [9.17, 15) is 4.79 Å². The van der Waals surface area contributed by atoms with Crippen LogP contribution in [0.3, 0.4) is 0 Å². The fourth-order valence-electron chi connectivity index (χ4n) is 2.18. The maximum Gasteiger partial charge on any atom is 0.335 e. The zero-order valence-corrected chi connectivity index (χ0v) is 11.2. The van der Waals surface area contributed by atoms with E-state index in [-0.39, 0.29) is 5.56 Å². The molecule has 0 saturated heterocycles. The summed E-state index contributed by atoms with van der Waals surface area (Å²) in [4.78, 5) is 15.3. The molecule has 1 N–H and O–H groups in total. The summed E-state index contributed by atoms with van der Waals surface area (Å²) in [6.07, 6.45) is 1.74. The van der Waals surface area contributed by atoms with Crippen molar-refractivity contribution in [2.24, 2.45) is 4.99 Å². The number of hydrogen-bond acceptors (Lipinski definition) is 2. The number of aromatic carboxylic acids is 1. The van der Waals surface area contributed by atoms with Crippen molar-refractivity contribution in [2.75, 3.05) is 0 Å². The van der Waals surface area contributed by atoms with Crippen molar-refractivity contribution in [3.05, 3.63) is 77.9 Å². The van der Waals surface area contributed by atoms with Crippen LogP contribution in [0.5, 0.6) is 0 Å². The van der Waals surface area contributed by atoms with Crippen LogP contribution in [0.15, 0.2) is 71.7 Å². The molecule has 0 heterocycles. The molecule has 3 nitrogen and oxygen atoms in total. The second kappa shape index (κ2) is 5.59. The molecule has 0 aliphatic carbocycles. The molecule has 0 bridgehead atoms. The lowest BCUT2D eigenvalue weighted by atomic mass is 10.1. The highest BCUT2D eigenvalue weighted by atomic mass is 16.4. The first-order valence-corrected chi connectivity index (χ1v) is 6.59. The molecule has 0 aliphatic rings. The second-order valence-corrected chi connectivity index (χ2v) is 4.68. The summed E-state index contributed by atoms with van der Waals surface area (Å²) in [5, 5.41) is 11.1. The molecule has 0 saturated carbocycles. The second-order valence-electron chi connectivity index (χ2n) is 4.68. The first-order chi connectivity index (χ1) is 10.2. The number of carbonyl (C=O) groups is 1. The molecule has 102 valence electrons. The van der Waals surface area contributed by atoms with Crippen LogP contribution < -0.4 is 0 Å². The molecule has 0 radical (unpaired) electrons. The van der Waals surface area contributed by atoms with Gasteiger partial charge in [0.15, 0.2) is 0 Å². The van der Waals surface area contributed by atoms with E-state index in [1.54, 1.807) is 30.5 Å². The lowest BCUT2D eigenvalue weighted by Gasteiger charge is -2.01. The van der Waals surface area contributed by atoms with Crippen molar-refractivity contribution < 1.29 is 9.90 Å². The first-order valence-electron chi connectivity index (χ1n) is 6.59. The molecule has 3 rings (SSSR count). The van der Waals surface area contributed by atoms with Gasteiger partial charge >= 0.3 is 5.97 Å². The fourth-order valence-corrected chi connectivity index (χ4v) is 2.18. The van der Waals surface area contributed by atoms with Gasteiger partial charge in [-0.25, -0.2) is 4.79 Å². The van der Waals surface area contributed by atoms with E-state index in [4.69, 9.17) is 5.11 Å². The van der Waals surface area contributed by atoms with Gasteiger partial charge in [-0.2, -0.15) is 0 Å². The third-order valence-corrected chi connectivity index (χ3v) is 3.28. The SMILES string of the molecule is O=C(O)c1ccc(C=Nc2cccc3ccccc23)cc1. The number of carboxylic acids is 1. The van der Waals surface area contributed by atoms with Crippen molar-refractivity contribution in [1.82, 2.24) is 0 Å². The number of benzene rings is 3. The lowest BCUT2D eigenvalue weighted by Crippen LogP contribution is -1.95. The van der Waals surface area contributed by atoms with Crippen molar-refractivity contribution in [1.29, 1.82) is 0 Å². The van der Waals surface area contributed by atoms with Crippen molar-refractivity contribution in [3.63, 3.8) is 0 Å². The van der Waals surface area contributed by atoms with E-state index in [1.807, 2.05) is 30.3 Å². The Morgan fingerprint density at radius 1 is 0.905 bits per heavy atom. The van der Waals surface area contributed by atoms with Crippen LogP contribution in [0, 0.1) is 0 Å². The van der Waals surface area contributed by atoms with Crippen LogP contribution in [-0.4, -0.2) is 17.3 Å². The Morgan fingerprint density at radius 3 is 2.38 bits per heavy atom. The Labute approximate surface area is 122 Å². The van der Waals surface area contributed by atoms with Crippen LogP contribution in [0.25, 0.3) is 10.8 Å². The highest BCUT2D eigenvalue weighted by molar-refractivity contribution is 5.95. The predicted octanol–water partition coefficient (Wildman–Crippen LogP) is 4.29. The van der Waals surface area contributed by atoms with E-state index in [1.165, 1.54) is 0 Å². The molecule has 0 amide bonds. The van der Waals surface area contributed by atoms with Gasteiger partial charge in [0.25, 0.3) is 0 Å². The number of aliphatic imine (C=N–C) groups is 1. The van der Waals surface area contributed by atoms with Crippen molar-refractivity contribution in [2.45, 2.75) is 0 Å². The summed E-state index contributed by atoms with van der Waals surface area (Å²) >= 11 is 0. The average molecular weight is 275 g/mol. The normalized spacial score (nSPS) is 11.0. The minimum Gasteiger partial charge on any atom is -0.478 e. The average Bonchev–Trinajstić information content (AvgIpc) is 2.53. The molecular weight excluding hydrogens is 262 g/mol. The smallest absolute Gasteiger partial charge is 0.335 e. The van der Waals surface area contributed by atoms with E-state index in [2.05, 4.69) is 17.1 Å². The predicted molar refractivity (Wildman–Crippen MR) is 84.6 cm³/mol. The van der Waals surface area contributed by atoms with Crippen molar-refractivity contribution in [3.8, 4) is 0 Å². The zero-order chi connectivity index (χ0) is 14.7. The van der Waals surface area contributed by atoms with E-state index < -0.39 is 5.97 Å². The number of carboxylic acid groups (broad SMARTS) is 1. The molecule has 0 spiro atoms. The van der Waals surface area contributed by atoms with Gasteiger partial charge in [-0.3, -0.25) is 4.99 Å². The van der Waals surface area contributed by atoms with Gasteiger partial charge in [0.2, 0.25) is 0 Å². The summed E-state index contributed by atoms with van der Waals surface area (Å²) in [6.45, 7) is 0. The standard InChI is InChI=1S/C18H13NO2/c20-18(21)15-10-8-13(9-11-15)12-19-17-7-3-5-14-4-1-2-6-16(14)17/h1-12H,(H,20,21). The lowest BCUT2D eigenvalue weighted by molar-refractivity contribution is 0.0697. The summed E-state index contributed by atoms with van der Waals surface area (Å²) in [6, 6.07) is 20.7. The Balaban J connectivity index is 1.92. The van der Waals surface area contributed by atoms with Gasteiger partial charge in [-0.1, -0.05) is 48.5 Å². The first kappa shape index (κ1) is 13.1. The number of hydrogen-bond donors (Lipinski definition) is 1. The van der Waals surface area contributed by atoms with E-state index in [0.717, 1.165) is 22.0 Å². The highest BCUT2D eigenvalue weighted by Gasteiger charge is 2.01. The molecule has 0 fully saturated rings. The van der Waals surface area contributed by atoms with Gasteiger partial charge in [0.05, 0.1) is 11.3 Å². The summed E-state index contributed by atoms with van der Waals surface area (Å²) < 4.78 is 0. The van der Waals surface area contributed by atoms with E-state index >= 15 is 0 Å².